The molecule has 6 nitrogen and oxygen atoms in total. The van der Waals surface area contributed by atoms with Crippen LogP contribution in [-0.4, -0.2) is 39.9 Å². The number of hydrogen-bond donors (Lipinski definition) is 1. The number of hydrogen-bond acceptors (Lipinski definition) is 5. The van der Waals surface area contributed by atoms with Gasteiger partial charge in [0.05, 0.1) is 31.4 Å². The summed E-state index contributed by atoms with van der Waals surface area (Å²) in [6.07, 6.45) is 0.884. The highest BCUT2D eigenvalue weighted by molar-refractivity contribution is 6.42. The van der Waals surface area contributed by atoms with E-state index in [2.05, 4.69) is 5.32 Å². The molecule has 0 aliphatic heterocycles. The van der Waals surface area contributed by atoms with Crippen LogP contribution in [0.4, 0.5) is 0 Å². The van der Waals surface area contributed by atoms with E-state index in [1.54, 1.807) is 32.4 Å². The van der Waals surface area contributed by atoms with E-state index in [9.17, 15) is 4.79 Å². The molecule has 0 bridgehead atoms. The second kappa shape index (κ2) is 12.5. The number of rotatable bonds is 12. The Balaban J connectivity index is 1.81. The smallest absolute Gasteiger partial charge is 0.220 e. The van der Waals surface area contributed by atoms with Gasteiger partial charge < -0.3 is 24.3 Å². The van der Waals surface area contributed by atoms with E-state index in [4.69, 9.17) is 42.1 Å². The maximum atomic E-state index is 12.3. The zero-order valence-electron chi connectivity index (χ0n) is 17.4. The Labute approximate surface area is 187 Å². The van der Waals surface area contributed by atoms with E-state index in [0.717, 1.165) is 5.56 Å². The van der Waals surface area contributed by atoms with Crippen LogP contribution in [0.2, 0.25) is 10.0 Å². The fourth-order valence-electron chi connectivity index (χ4n) is 2.72. The number of halogens is 2. The number of carbonyl (C=O) groups is 1. The first-order valence-corrected chi connectivity index (χ1v) is 10.4. The molecule has 1 N–H and O–H groups in total. The number of ether oxygens (including phenoxy) is 4. The summed E-state index contributed by atoms with van der Waals surface area (Å²) in [7, 11) is 3.20. The summed E-state index contributed by atoms with van der Waals surface area (Å²) in [5.41, 5.74) is 0.918. The summed E-state index contributed by atoms with van der Waals surface area (Å²) in [6, 6.07) is 10.6. The maximum absolute atomic E-state index is 12.3. The zero-order chi connectivity index (χ0) is 21.9. The number of carbonyl (C=O) groups excluding carboxylic acids is 1. The molecule has 2 rings (SSSR count). The average molecular weight is 456 g/mol. The van der Waals surface area contributed by atoms with Gasteiger partial charge in [-0.05, 0) is 43.2 Å². The predicted octanol–water partition coefficient (Wildman–Crippen LogP) is 5.06. The van der Waals surface area contributed by atoms with E-state index < -0.39 is 0 Å². The molecule has 2 aromatic carbocycles. The topological polar surface area (TPSA) is 66.0 Å². The fraction of sp³-hybridized carbons (Fsp3) is 0.409. The first-order valence-electron chi connectivity index (χ1n) is 9.62. The Hall–Kier alpha value is -2.15. The molecule has 2 aromatic rings. The molecule has 0 heterocycles. The van der Waals surface area contributed by atoms with Gasteiger partial charge >= 0.3 is 0 Å². The lowest BCUT2D eigenvalue weighted by Crippen LogP contribution is -2.26. The molecule has 1 unspecified atom stereocenters. The first-order chi connectivity index (χ1) is 14.5. The van der Waals surface area contributed by atoms with Crippen LogP contribution in [0, 0.1) is 0 Å². The average Bonchev–Trinajstić information content (AvgIpc) is 2.74. The largest absolute Gasteiger partial charge is 0.493 e. The van der Waals surface area contributed by atoms with Crippen LogP contribution < -0.4 is 19.5 Å². The predicted molar refractivity (Wildman–Crippen MR) is 118 cm³/mol. The van der Waals surface area contributed by atoms with E-state index in [1.165, 1.54) is 0 Å². The molecular formula is C22H27Cl2NO5. The third-order valence-corrected chi connectivity index (χ3v) is 5.13. The van der Waals surface area contributed by atoms with Crippen molar-refractivity contribution < 1.29 is 23.7 Å². The van der Waals surface area contributed by atoms with Crippen molar-refractivity contribution in [2.75, 3.05) is 34.0 Å². The van der Waals surface area contributed by atoms with Gasteiger partial charge in [-0.2, -0.15) is 0 Å². The lowest BCUT2D eigenvalue weighted by molar-refractivity contribution is -0.121. The minimum Gasteiger partial charge on any atom is -0.493 e. The van der Waals surface area contributed by atoms with Gasteiger partial charge in [0.25, 0.3) is 0 Å². The van der Waals surface area contributed by atoms with Crippen molar-refractivity contribution in [1.29, 1.82) is 0 Å². The van der Waals surface area contributed by atoms with Crippen LogP contribution >= 0.6 is 23.2 Å². The quantitative estimate of drug-likeness (QED) is 0.452. The van der Waals surface area contributed by atoms with Crippen molar-refractivity contribution in [3.63, 3.8) is 0 Å². The molecule has 0 aliphatic carbocycles. The SMILES string of the molecule is COCCOc1ccc(C(C)NC(=O)CCCOc2cccc(Cl)c2Cl)cc1OC. The molecule has 164 valence electrons. The molecule has 0 saturated carbocycles. The van der Waals surface area contributed by atoms with Crippen LogP contribution in [0.5, 0.6) is 17.2 Å². The third kappa shape index (κ3) is 7.27. The van der Waals surface area contributed by atoms with Crippen LogP contribution in [0.15, 0.2) is 36.4 Å². The number of benzene rings is 2. The zero-order valence-corrected chi connectivity index (χ0v) is 18.9. The lowest BCUT2D eigenvalue weighted by Gasteiger charge is -2.17. The van der Waals surface area contributed by atoms with Crippen LogP contribution in [0.3, 0.4) is 0 Å². The van der Waals surface area contributed by atoms with Gasteiger partial charge in [0.15, 0.2) is 11.5 Å². The fourth-order valence-corrected chi connectivity index (χ4v) is 3.06. The van der Waals surface area contributed by atoms with E-state index in [1.807, 2.05) is 25.1 Å². The number of amides is 1. The lowest BCUT2D eigenvalue weighted by atomic mass is 10.1. The number of nitrogens with one attached hydrogen (secondary N) is 1. The third-order valence-electron chi connectivity index (χ3n) is 4.33. The highest BCUT2D eigenvalue weighted by Gasteiger charge is 2.13. The minimum absolute atomic E-state index is 0.0670. The molecule has 0 aromatic heterocycles. The molecule has 30 heavy (non-hydrogen) atoms. The highest BCUT2D eigenvalue weighted by atomic mass is 35.5. The Morgan fingerprint density at radius 2 is 1.77 bits per heavy atom. The van der Waals surface area contributed by atoms with Crippen LogP contribution in [-0.2, 0) is 9.53 Å². The molecule has 0 radical (unpaired) electrons. The van der Waals surface area contributed by atoms with E-state index in [0.29, 0.717) is 60.0 Å². The molecule has 1 amide bonds. The maximum Gasteiger partial charge on any atom is 0.220 e. The summed E-state index contributed by atoms with van der Waals surface area (Å²) in [5.74, 6) is 1.69. The molecule has 0 aliphatic rings. The van der Waals surface area contributed by atoms with Crippen molar-refractivity contribution >= 4 is 29.1 Å². The second-order valence-electron chi connectivity index (χ2n) is 6.54. The summed E-state index contributed by atoms with van der Waals surface area (Å²) < 4.78 is 21.6. The van der Waals surface area contributed by atoms with Gasteiger partial charge in [0.2, 0.25) is 5.91 Å². The van der Waals surface area contributed by atoms with Gasteiger partial charge in [-0.1, -0.05) is 35.3 Å². The molecule has 0 saturated heterocycles. The van der Waals surface area contributed by atoms with Crippen LogP contribution in [0.25, 0.3) is 0 Å². The van der Waals surface area contributed by atoms with Gasteiger partial charge in [0.1, 0.15) is 17.4 Å². The molecular weight excluding hydrogens is 429 g/mol. The van der Waals surface area contributed by atoms with Gasteiger partial charge in [-0.3, -0.25) is 4.79 Å². The molecule has 0 spiro atoms. The van der Waals surface area contributed by atoms with E-state index in [-0.39, 0.29) is 11.9 Å². The first kappa shape index (κ1) is 24.1. The Kier molecular flexibility index (Phi) is 10.1. The number of methoxy groups -OCH3 is 2. The Bertz CT molecular complexity index is 831. The summed E-state index contributed by atoms with van der Waals surface area (Å²) in [6.45, 7) is 3.20. The Morgan fingerprint density at radius 1 is 1.00 bits per heavy atom. The summed E-state index contributed by atoms with van der Waals surface area (Å²) in [4.78, 5) is 12.3. The second-order valence-corrected chi connectivity index (χ2v) is 7.33. The van der Waals surface area contributed by atoms with E-state index >= 15 is 0 Å². The van der Waals surface area contributed by atoms with Crippen LogP contribution in [0.1, 0.15) is 31.4 Å². The normalized spacial score (nSPS) is 11.6. The standard InChI is InChI=1S/C22H27Cl2NO5/c1-15(16-9-10-18(20(14-16)28-3)30-13-12-27-2)25-21(26)8-5-11-29-19-7-4-6-17(23)22(19)24/h4,6-7,9-10,14-15H,5,8,11-13H2,1-3H3,(H,25,26). The van der Waals surface area contributed by atoms with Crippen molar-refractivity contribution in [1.82, 2.24) is 5.32 Å². The molecule has 0 fully saturated rings. The van der Waals surface area contributed by atoms with Gasteiger partial charge in [0, 0.05) is 13.5 Å². The highest BCUT2D eigenvalue weighted by Crippen LogP contribution is 2.32. The molecule has 1 atom stereocenters. The van der Waals surface area contributed by atoms with Crippen molar-refractivity contribution in [3.8, 4) is 17.2 Å². The van der Waals surface area contributed by atoms with Crippen molar-refractivity contribution in [2.24, 2.45) is 0 Å². The summed E-state index contributed by atoms with van der Waals surface area (Å²) in [5, 5.41) is 3.79. The Morgan fingerprint density at radius 3 is 2.50 bits per heavy atom. The minimum atomic E-state index is -0.178. The summed E-state index contributed by atoms with van der Waals surface area (Å²) >= 11 is 12.0. The monoisotopic (exact) mass is 455 g/mol. The van der Waals surface area contributed by atoms with Crippen molar-refractivity contribution in [2.45, 2.75) is 25.8 Å². The molecule has 8 heteroatoms. The van der Waals surface area contributed by atoms with Gasteiger partial charge in [-0.25, -0.2) is 0 Å². The van der Waals surface area contributed by atoms with Gasteiger partial charge in [-0.15, -0.1) is 0 Å². The van der Waals surface area contributed by atoms with Crippen molar-refractivity contribution in [3.05, 3.63) is 52.0 Å².